The van der Waals surface area contributed by atoms with Gasteiger partial charge in [0.15, 0.2) is 0 Å². The van der Waals surface area contributed by atoms with Crippen molar-refractivity contribution in [1.29, 1.82) is 0 Å². The molecule has 14 heavy (non-hydrogen) atoms. The molecule has 1 aliphatic carbocycles. The maximum atomic E-state index is 11.7. The highest BCUT2D eigenvalue weighted by Crippen LogP contribution is 2.45. The van der Waals surface area contributed by atoms with Crippen molar-refractivity contribution in [3.63, 3.8) is 0 Å². The van der Waals surface area contributed by atoms with Gasteiger partial charge in [-0.25, -0.2) is 0 Å². The molecule has 2 aliphatic rings. The third-order valence-electron chi connectivity index (χ3n) is 3.15. The first-order valence-corrected chi connectivity index (χ1v) is 5.18. The van der Waals surface area contributed by atoms with Gasteiger partial charge in [0.05, 0.1) is 0 Å². The second-order valence-electron chi connectivity index (χ2n) is 4.57. The molecule has 1 saturated carbocycles. The van der Waals surface area contributed by atoms with Gasteiger partial charge in [0.1, 0.15) is 0 Å². The van der Waals surface area contributed by atoms with Gasteiger partial charge in [-0.3, -0.25) is 9.59 Å². The Labute approximate surface area is 83.4 Å². The molecule has 0 aromatic carbocycles. The van der Waals surface area contributed by atoms with Gasteiger partial charge in [0, 0.05) is 24.4 Å². The van der Waals surface area contributed by atoms with Gasteiger partial charge in [-0.15, -0.1) is 0 Å². The van der Waals surface area contributed by atoms with Crippen molar-refractivity contribution < 1.29 is 9.59 Å². The first-order valence-electron chi connectivity index (χ1n) is 5.18. The van der Waals surface area contributed by atoms with E-state index in [4.69, 9.17) is 0 Å². The van der Waals surface area contributed by atoms with Crippen molar-refractivity contribution in [3.8, 4) is 0 Å². The van der Waals surface area contributed by atoms with Gasteiger partial charge in [-0.1, -0.05) is 6.92 Å². The zero-order valence-electron chi connectivity index (χ0n) is 8.43. The standard InChI is InChI=1S/C10H16N2O2/c1-10(4-5-10)9(14)12-7-2-3-8(13)11-6-7/h7H,2-6H2,1H3,(H,11,13)(H,12,14). The van der Waals surface area contributed by atoms with Crippen LogP contribution in [-0.4, -0.2) is 24.4 Å². The Morgan fingerprint density at radius 3 is 2.79 bits per heavy atom. The van der Waals surface area contributed by atoms with Gasteiger partial charge < -0.3 is 10.6 Å². The van der Waals surface area contributed by atoms with Gasteiger partial charge in [-0.05, 0) is 19.3 Å². The minimum Gasteiger partial charge on any atom is -0.354 e. The molecule has 0 aromatic rings. The fourth-order valence-electron chi connectivity index (χ4n) is 1.63. The molecule has 2 rings (SSSR count). The molecular formula is C10H16N2O2. The Morgan fingerprint density at radius 1 is 1.57 bits per heavy atom. The van der Waals surface area contributed by atoms with Crippen LogP contribution < -0.4 is 10.6 Å². The number of nitrogens with one attached hydrogen (secondary N) is 2. The molecule has 2 N–H and O–H groups in total. The van der Waals surface area contributed by atoms with E-state index in [2.05, 4.69) is 10.6 Å². The Hall–Kier alpha value is -1.06. The molecule has 1 saturated heterocycles. The summed E-state index contributed by atoms with van der Waals surface area (Å²) in [6.45, 7) is 2.57. The lowest BCUT2D eigenvalue weighted by Gasteiger charge is -2.24. The van der Waals surface area contributed by atoms with Crippen LogP contribution in [-0.2, 0) is 9.59 Å². The summed E-state index contributed by atoms with van der Waals surface area (Å²) >= 11 is 0. The monoisotopic (exact) mass is 196 g/mol. The van der Waals surface area contributed by atoms with Crippen molar-refractivity contribution in [2.75, 3.05) is 6.54 Å². The van der Waals surface area contributed by atoms with Crippen LogP contribution in [0.5, 0.6) is 0 Å². The number of hydrogen-bond acceptors (Lipinski definition) is 2. The summed E-state index contributed by atoms with van der Waals surface area (Å²) in [6, 6.07) is 0.137. The van der Waals surface area contributed by atoms with E-state index >= 15 is 0 Å². The predicted molar refractivity (Wildman–Crippen MR) is 51.5 cm³/mol. The highest BCUT2D eigenvalue weighted by Gasteiger charge is 2.45. The summed E-state index contributed by atoms with van der Waals surface area (Å²) in [5, 5.41) is 5.74. The van der Waals surface area contributed by atoms with Gasteiger partial charge in [0.2, 0.25) is 11.8 Å². The number of hydrogen-bond donors (Lipinski definition) is 2. The van der Waals surface area contributed by atoms with Gasteiger partial charge >= 0.3 is 0 Å². The van der Waals surface area contributed by atoms with E-state index < -0.39 is 0 Å². The Morgan fingerprint density at radius 2 is 2.29 bits per heavy atom. The van der Waals surface area contributed by atoms with Crippen molar-refractivity contribution in [3.05, 3.63) is 0 Å². The summed E-state index contributed by atoms with van der Waals surface area (Å²) in [5.74, 6) is 0.242. The number of piperidine rings is 1. The maximum Gasteiger partial charge on any atom is 0.226 e. The molecule has 1 unspecified atom stereocenters. The lowest BCUT2D eigenvalue weighted by atomic mass is 10.0. The fraction of sp³-hybridized carbons (Fsp3) is 0.800. The lowest BCUT2D eigenvalue weighted by molar-refractivity contribution is -0.128. The average molecular weight is 196 g/mol. The molecule has 4 nitrogen and oxygen atoms in total. The minimum absolute atomic E-state index is 0.0909. The summed E-state index contributed by atoms with van der Waals surface area (Å²) in [5.41, 5.74) is -0.110. The molecule has 0 aromatic heterocycles. The van der Waals surface area contributed by atoms with Crippen LogP contribution in [0.3, 0.4) is 0 Å². The molecule has 4 heteroatoms. The molecule has 0 bridgehead atoms. The average Bonchev–Trinajstić information content (AvgIpc) is 2.89. The molecule has 0 radical (unpaired) electrons. The normalized spacial score (nSPS) is 29.2. The second-order valence-corrected chi connectivity index (χ2v) is 4.57. The molecule has 2 fully saturated rings. The highest BCUT2D eigenvalue weighted by atomic mass is 16.2. The van der Waals surface area contributed by atoms with Crippen LogP contribution in [0.2, 0.25) is 0 Å². The summed E-state index contributed by atoms with van der Waals surface area (Å²) in [7, 11) is 0. The van der Waals surface area contributed by atoms with E-state index in [-0.39, 0.29) is 23.3 Å². The molecule has 1 heterocycles. The van der Waals surface area contributed by atoms with Crippen LogP contribution in [0.15, 0.2) is 0 Å². The van der Waals surface area contributed by atoms with Crippen molar-refractivity contribution >= 4 is 11.8 Å². The highest BCUT2D eigenvalue weighted by molar-refractivity contribution is 5.85. The second kappa shape index (κ2) is 3.26. The Kier molecular flexibility index (Phi) is 2.21. The summed E-state index contributed by atoms with van der Waals surface area (Å²) < 4.78 is 0. The van der Waals surface area contributed by atoms with Crippen LogP contribution in [0.25, 0.3) is 0 Å². The zero-order valence-corrected chi connectivity index (χ0v) is 8.43. The van der Waals surface area contributed by atoms with E-state index in [1.54, 1.807) is 0 Å². The van der Waals surface area contributed by atoms with E-state index in [1.807, 2.05) is 6.92 Å². The van der Waals surface area contributed by atoms with Crippen molar-refractivity contribution in [2.45, 2.75) is 38.6 Å². The Balaban J connectivity index is 1.80. The van der Waals surface area contributed by atoms with Crippen LogP contribution in [0.4, 0.5) is 0 Å². The van der Waals surface area contributed by atoms with E-state index in [1.165, 1.54) is 0 Å². The lowest BCUT2D eigenvalue weighted by Crippen LogP contribution is -2.49. The number of rotatable bonds is 2. The summed E-state index contributed by atoms with van der Waals surface area (Å²) in [6.07, 6.45) is 3.30. The van der Waals surface area contributed by atoms with Gasteiger partial charge in [0.25, 0.3) is 0 Å². The molecule has 78 valence electrons. The molecule has 2 amide bonds. The zero-order chi connectivity index (χ0) is 10.2. The molecule has 1 aliphatic heterocycles. The van der Waals surface area contributed by atoms with Crippen LogP contribution in [0.1, 0.15) is 32.6 Å². The van der Waals surface area contributed by atoms with E-state index in [0.29, 0.717) is 13.0 Å². The van der Waals surface area contributed by atoms with Crippen molar-refractivity contribution in [2.24, 2.45) is 5.41 Å². The largest absolute Gasteiger partial charge is 0.354 e. The third kappa shape index (κ3) is 1.89. The first kappa shape index (κ1) is 9.49. The number of carbonyl (C=O) groups excluding carboxylic acids is 2. The Bertz CT molecular complexity index is 261. The van der Waals surface area contributed by atoms with E-state index in [9.17, 15) is 9.59 Å². The van der Waals surface area contributed by atoms with Crippen LogP contribution in [0, 0.1) is 5.41 Å². The van der Waals surface area contributed by atoms with E-state index in [0.717, 1.165) is 19.3 Å². The topological polar surface area (TPSA) is 58.2 Å². The smallest absolute Gasteiger partial charge is 0.226 e. The quantitative estimate of drug-likeness (QED) is 0.662. The number of carbonyl (C=O) groups is 2. The van der Waals surface area contributed by atoms with Crippen molar-refractivity contribution in [1.82, 2.24) is 10.6 Å². The van der Waals surface area contributed by atoms with Crippen LogP contribution >= 0.6 is 0 Å². The molecular weight excluding hydrogens is 180 g/mol. The fourth-order valence-corrected chi connectivity index (χ4v) is 1.63. The summed E-state index contributed by atoms with van der Waals surface area (Å²) in [4.78, 5) is 22.5. The molecule has 0 spiro atoms. The third-order valence-corrected chi connectivity index (χ3v) is 3.15. The SMILES string of the molecule is CC1(C(=O)NC2CCC(=O)NC2)CC1. The maximum absolute atomic E-state index is 11.7. The van der Waals surface area contributed by atoms with Gasteiger partial charge in [-0.2, -0.15) is 0 Å². The first-order chi connectivity index (χ1) is 6.60. The predicted octanol–water partition coefficient (Wildman–Crippen LogP) is 0.181. The minimum atomic E-state index is -0.110. The number of amides is 2. The molecule has 1 atom stereocenters.